The molecule has 0 unspecified atom stereocenters. The first kappa shape index (κ1) is 11.0. The van der Waals surface area contributed by atoms with Crippen LogP contribution in [0.1, 0.15) is 25.7 Å². The van der Waals surface area contributed by atoms with E-state index in [1.807, 2.05) is 13.1 Å². The Hall–Kier alpha value is -1.52. The third kappa shape index (κ3) is 2.18. The zero-order valence-corrected chi connectivity index (χ0v) is 9.90. The summed E-state index contributed by atoms with van der Waals surface area (Å²) in [6, 6.07) is 2.54. The molecule has 1 aliphatic rings. The Labute approximate surface area is 96.1 Å². The molecule has 1 aliphatic carbocycles. The Morgan fingerprint density at radius 3 is 2.69 bits per heavy atom. The molecule has 0 radical (unpaired) electrons. The van der Waals surface area contributed by atoms with Gasteiger partial charge in [-0.25, -0.2) is 0 Å². The molecule has 0 saturated heterocycles. The fraction of sp³-hybridized carbons (Fsp3) is 0.636. The van der Waals surface area contributed by atoms with Crippen molar-refractivity contribution in [3.8, 4) is 0 Å². The van der Waals surface area contributed by atoms with E-state index in [1.165, 1.54) is 25.7 Å². The predicted molar refractivity (Wildman–Crippen MR) is 66.7 cm³/mol. The monoisotopic (exact) mass is 221 g/mol. The zero-order chi connectivity index (χ0) is 11.5. The number of anilines is 3. The summed E-state index contributed by atoms with van der Waals surface area (Å²) in [6.07, 6.45) is 5.12. The van der Waals surface area contributed by atoms with Gasteiger partial charge < -0.3 is 16.0 Å². The number of hydrogen-bond acceptors (Lipinski definition) is 5. The number of nitrogen functional groups attached to an aromatic ring is 1. The van der Waals surface area contributed by atoms with Crippen molar-refractivity contribution in [2.45, 2.75) is 31.7 Å². The molecule has 1 aromatic rings. The van der Waals surface area contributed by atoms with Gasteiger partial charge in [-0.2, -0.15) is 9.97 Å². The Morgan fingerprint density at radius 1 is 1.38 bits per heavy atom. The smallest absolute Gasteiger partial charge is 0.223 e. The van der Waals surface area contributed by atoms with Gasteiger partial charge in [-0.3, -0.25) is 0 Å². The van der Waals surface area contributed by atoms with Crippen LogP contribution in [0.3, 0.4) is 0 Å². The number of rotatable bonds is 3. The minimum atomic E-state index is 0.326. The second-order valence-electron chi connectivity index (χ2n) is 4.27. The van der Waals surface area contributed by atoms with Crippen molar-refractivity contribution in [1.29, 1.82) is 0 Å². The lowest BCUT2D eigenvalue weighted by Gasteiger charge is -2.25. The van der Waals surface area contributed by atoms with E-state index in [9.17, 15) is 0 Å². The van der Waals surface area contributed by atoms with Crippen molar-refractivity contribution in [2.24, 2.45) is 0 Å². The number of aromatic nitrogens is 2. The summed E-state index contributed by atoms with van der Waals surface area (Å²) in [5.74, 6) is 2.00. The summed E-state index contributed by atoms with van der Waals surface area (Å²) in [6.45, 7) is 0. The van der Waals surface area contributed by atoms with E-state index in [0.717, 1.165) is 11.6 Å². The van der Waals surface area contributed by atoms with Gasteiger partial charge in [-0.1, -0.05) is 12.8 Å². The summed E-state index contributed by atoms with van der Waals surface area (Å²) in [4.78, 5) is 10.6. The highest BCUT2D eigenvalue weighted by molar-refractivity contribution is 5.52. The largest absolute Gasteiger partial charge is 0.373 e. The number of nitrogens with one attached hydrogen (secondary N) is 1. The molecule has 2 rings (SSSR count). The fourth-order valence-electron chi connectivity index (χ4n) is 2.24. The van der Waals surface area contributed by atoms with Crippen LogP contribution in [0.15, 0.2) is 6.07 Å². The fourth-order valence-corrected chi connectivity index (χ4v) is 2.24. The highest BCUT2D eigenvalue weighted by atomic mass is 15.2. The van der Waals surface area contributed by atoms with Crippen LogP contribution in [0.5, 0.6) is 0 Å². The van der Waals surface area contributed by atoms with Crippen molar-refractivity contribution >= 4 is 17.6 Å². The quantitative estimate of drug-likeness (QED) is 0.809. The average molecular weight is 221 g/mol. The molecule has 0 atom stereocenters. The van der Waals surface area contributed by atoms with E-state index in [0.29, 0.717) is 12.0 Å². The van der Waals surface area contributed by atoms with Crippen LogP contribution in [-0.2, 0) is 0 Å². The molecular weight excluding hydrogens is 202 g/mol. The first-order valence-electron chi connectivity index (χ1n) is 5.76. The van der Waals surface area contributed by atoms with Crippen molar-refractivity contribution in [2.75, 3.05) is 30.0 Å². The Balaban J connectivity index is 2.21. The number of nitrogens with zero attached hydrogens (tertiary/aromatic N) is 3. The van der Waals surface area contributed by atoms with E-state index in [2.05, 4.69) is 27.2 Å². The normalized spacial score (nSPS) is 16.4. The van der Waals surface area contributed by atoms with Gasteiger partial charge in [0.15, 0.2) is 0 Å². The van der Waals surface area contributed by atoms with Crippen molar-refractivity contribution in [3.05, 3.63) is 6.07 Å². The molecule has 0 spiro atoms. The van der Waals surface area contributed by atoms with Crippen LogP contribution in [-0.4, -0.2) is 30.1 Å². The third-order valence-corrected chi connectivity index (χ3v) is 3.22. The van der Waals surface area contributed by atoms with Gasteiger partial charge in [0.05, 0.1) is 0 Å². The number of nitrogens with two attached hydrogens (primary N) is 1. The average Bonchev–Trinajstić information content (AvgIpc) is 2.80. The molecule has 5 nitrogen and oxygen atoms in total. The molecule has 1 aromatic heterocycles. The molecule has 1 fully saturated rings. The summed E-state index contributed by atoms with van der Waals surface area (Å²) in [5, 5.41) is 3.00. The summed E-state index contributed by atoms with van der Waals surface area (Å²) < 4.78 is 0. The molecule has 3 N–H and O–H groups in total. The van der Waals surface area contributed by atoms with Gasteiger partial charge in [0.25, 0.3) is 0 Å². The molecule has 1 saturated carbocycles. The minimum absolute atomic E-state index is 0.326. The van der Waals surface area contributed by atoms with Gasteiger partial charge >= 0.3 is 0 Å². The maximum atomic E-state index is 5.68. The maximum Gasteiger partial charge on any atom is 0.223 e. The van der Waals surface area contributed by atoms with Crippen LogP contribution in [0.25, 0.3) is 0 Å². The SMILES string of the molecule is CNc1cc(N(C)C2CCCC2)nc(N)n1. The van der Waals surface area contributed by atoms with E-state index < -0.39 is 0 Å². The van der Waals surface area contributed by atoms with Crippen LogP contribution >= 0.6 is 0 Å². The molecule has 88 valence electrons. The molecule has 1 heterocycles. The lowest BCUT2D eigenvalue weighted by Crippen LogP contribution is -2.29. The summed E-state index contributed by atoms with van der Waals surface area (Å²) in [7, 11) is 3.92. The highest BCUT2D eigenvalue weighted by Gasteiger charge is 2.21. The van der Waals surface area contributed by atoms with E-state index >= 15 is 0 Å². The lowest BCUT2D eigenvalue weighted by molar-refractivity contribution is 0.646. The second-order valence-corrected chi connectivity index (χ2v) is 4.27. The lowest BCUT2D eigenvalue weighted by atomic mass is 10.2. The molecule has 0 amide bonds. The molecule has 16 heavy (non-hydrogen) atoms. The first-order valence-corrected chi connectivity index (χ1v) is 5.76. The molecule has 0 aliphatic heterocycles. The third-order valence-electron chi connectivity index (χ3n) is 3.22. The predicted octanol–water partition coefficient (Wildman–Crippen LogP) is 1.48. The van der Waals surface area contributed by atoms with E-state index in [4.69, 9.17) is 5.73 Å². The van der Waals surface area contributed by atoms with Gasteiger partial charge in [-0.15, -0.1) is 0 Å². The Kier molecular flexibility index (Phi) is 3.12. The molecule has 5 heteroatoms. The highest BCUT2D eigenvalue weighted by Crippen LogP contribution is 2.26. The molecule has 0 bridgehead atoms. The van der Waals surface area contributed by atoms with Crippen molar-refractivity contribution in [3.63, 3.8) is 0 Å². The van der Waals surface area contributed by atoms with Crippen LogP contribution in [0.2, 0.25) is 0 Å². The minimum Gasteiger partial charge on any atom is -0.373 e. The van der Waals surface area contributed by atoms with Gasteiger partial charge in [0, 0.05) is 26.2 Å². The zero-order valence-electron chi connectivity index (χ0n) is 9.90. The Morgan fingerprint density at radius 2 is 2.06 bits per heavy atom. The van der Waals surface area contributed by atoms with Crippen LogP contribution in [0.4, 0.5) is 17.6 Å². The molecule has 0 aromatic carbocycles. The van der Waals surface area contributed by atoms with Crippen molar-refractivity contribution < 1.29 is 0 Å². The summed E-state index contributed by atoms with van der Waals surface area (Å²) in [5.41, 5.74) is 5.68. The van der Waals surface area contributed by atoms with Crippen LogP contribution in [0, 0.1) is 0 Å². The van der Waals surface area contributed by atoms with Gasteiger partial charge in [0.1, 0.15) is 11.6 Å². The standard InChI is InChI=1S/C11H19N5/c1-13-9-7-10(15-11(12)14-9)16(2)8-5-3-4-6-8/h7-8H,3-6H2,1-2H3,(H3,12,13,14,15). The number of hydrogen-bond donors (Lipinski definition) is 2. The van der Waals surface area contributed by atoms with Crippen LogP contribution < -0.4 is 16.0 Å². The topological polar surface area (TPSA) is 67.1 Å². The molecular formula is C11H19N5. The van der Waals surface area contributed by atoms with Gasteiger partial charge in [-0.05, 0) is 12.8 Å². The Bertz CT molecular complexity index is 359. The first-order chi connectivity index (χ1) is 7.70. The second kappa shape index (κ2) is 4.55. The maximum absolute atomic E-state index is 5.68. The summed E-state index contributed by atoms with van der Waals surface area (Å²) >= 11 is 0. The van der Waals surface area contributed by atoms with Crippen molar-refractivity contribution in [1.82, 2.24) is 9.97 Å². The van der Waals surface area contributed by atoms with Gasteiger partial charge in [0.2, 0.25) is 5.95 Å². The van der Waals surface area contributed by atoms with E-state index in [1.54, 1.807) is 0 Å². The van der Waals surface area contributed by atoms with E-state index in [-0.39, 0.29) is 0 Å².